The van der Waals surface area contributed by atoms with Gasteiger partial charge in [-0.3, -0.25) is 4.79 Å². The number of carbonyl (C=O) groups excluding carboxylic acids is 1. The smallest absolute Gasteiger partial charge is 0.234 e. The molecular formula is C11H10BrF2N5O. The van der Waals surface area contributed by atoms with Gasteiger partial charge >= 0.3 is 0 Å². The van der Waals surface area contributed by atoms with Gasteiger partial charge in [-0.2, -0.15) is 0 Å². The predicted molar refractivity (Wildman–Crippen MR) is 69.9 cm³/mol. The van der Waals surface area contributed by atoms with Gasteiger partial charge in [-0.05, 0) is 22.0 Å². The van der Waals surface area contributed by atoms with E-state index in [1.807, 2.05) is 0 Å². The SMILES string of the molecule is NCC(=O)NCc1cn(-c2cc(Br)c(F)cc2F)nn1. The number of rotatable bonds is 4. The van der Waals surface area contributed by atoms with Crippen LogP contribution in [0.25, 0.3) is 5.69 Å². The summed E-state index contributed by atoms with van der Waals surface area (Å²) >= 11 is 2.97. The quantitative estimate of drug-likeness (QED) is 0.805. The molecule has 1 aromatic heterocycles. The molecule has 0 bridgehead atoms. The molecule has 0 aliphatic carbocycles. The summed E-state index contributed by atoms with van der Waals surface area (Å²) in [4.78, 5) is 11.0. The molecule has 0 saturated carbocycles. The minimum atomic E-state index is -0.770. The molecule has 20 heavy (non-hydrogen) atoms. The highest BCUT2D eigenvalue weighted by molar-refractivity contribution is 9.10. The first-order chi connectivity index (χ1) is 9.51. The summed E-state index contributed by atoms with van der Waals surface area (Å²) in [6.45, 7) is -0.00626. The van der Waals surface area contributed by atoms with Gasteiger partial charge in [0.2, 0.25) is 5.91 Å². The maximum absolute atomic E-state index is 13.7. The number of carbonyl (C=O) groups is 1. The van der Waals surface area contributed by atoms with E-state index in [-0.39, 0.29) is 29.2 Å². The fourth-order valence-electron chi connectivity index (χ4n) is 1.45. The molecule has 6 nitrogen and oxygen atoms in total. The second-order valence-corrected chi connectivity index (χ2v) is 4.71. The van der Waals surface area contributed by atoms with Crippen LogP contribution in [-0.4, -0.2) is 27.4 Å². The van der Waals surface area contributed by atoms with Crippen LogP contribution in [0.1, 0.15) is 5.69 Å². The van der Waals surface area contributed by atoms with Crippen molar-refractivity contribution >= 4 is 21.8 Å². The zero-order valence-corrected chi connectivity index (χ0v) is 11.7. The van der Waals surface area contributed by atoms with Gasteiger partial charge in [0.1, 0.15) is 17.2 Å². The van der Waals surface area contributed by atoms with Crippen molar-refractivity contribution < 1.29 is 13.6 Å². The summed E-state index contributed by atoms with van der Waals surface area (Å²) in [5.74, 6) is -1.81. The fourth-order valence-corrected chi connectivity index (χ4v) is 1.78. The van der Waals surface area contributed by atoms with Crippen LogP contribution in [0.2, 0.25) is 0 Å². The molecule has 0 atom stereocenters. The lowest BCUT2D eigenvalue weighted by atomic mass is 10.3. The molecule has 0 radical (unpaired) electrons. The molecule has 2 rings (SSSR count). The number of nitrogens with zero attached hydrogens (tertiary/aromatic N) is 3. The Bertz CT molecular complexity index is 646. The van der Waals surface area contributed by atoms with Crippen molar-refractivity contribution in [3.63, 3.8) is 0 Å². The van der Waals surface area contributed by atoms with Gasteiger partial charge in [-0.25, -0.2) is 13.5 Å². The van der Waals surface area contributed by atoms with Crippen LogP contribution >= 0.6 is 15.9 Å². The molecule has 0 fully saturated rings. The first-order valence-electron chi connectivity index (χ1n) is 5.54. The average molecular weight is 346 g/mol. The molecule has 0 saturated heterocycles. The largest absolute Gasteiger partial charge is 0.349 e. The van der Waals surface area contributed by atoms with E-state index < -0.39 is 11.6 Å². The van der Waals surface area contributed by atoms with Crippen molar-refractivity contribution in [2.75, 3.05) is 6.54 Å². The number of hydrogen-bond acceptors (Lipinski definition) is 4. The van der Waals surface area contributed by atoms with Crippen LogP contribution in [0.5, 0.6) is 0 Å². The minimum Gasteiger partial charge on any atom is -0.349 e. The first kappa shape index (κ1) is 14.5. The molecular weight excluding hydrogens is 336 g/mol. The van der Waals surface area contributed by atoms with Gasteiger partial charge in [-0.1, -0.05) is 5.21 Å². The molecule has 1 amide bonds. The van der Waals surface area contributed by atoms with Gasteiger partial charge in [0, 0.05) is 6.07 Å². The lowest BCUT2D eigenvalue weighted by Crippen LogP contribution is -2.29. The summed E-state index contributed by atoms with van der Waals surface area (Å²) in [6, 6.07) is 2.00. The van der Waals surface area contributed by atoms with E-state index in [1.54, 1.807) is 0 Å². The van der Waals surface area contributed by atoms with Crippen molar-refractivity contribution in [3.8, 4) is 5.69 Å². The number of nitrogens with one attached hydrogen (secondary N) is 1. The fraction of sp³-hybridized carbons (Fsp3) is 0.182. The summed E-state index contributed by atoms with van der Waals surface area (Å²) in [7, 11) is 0. The van der Waals surface area contributed by atoms with E-state index in [0.717, 1.165) is 10.7 Å². The van der Waals surface area contributed by atoms with E-state index in [2.05, 4.69) is 31.6 Å². The molecule has 106 valence electrons. The topological polar surface area (TPSA) is 85.8 Å². The maximum Gasteiger partial charge on any atom is 0.234 e. The van der Waals surface area contributed by atoms with Crippen LogP contribution in [-0.2, 0) is 11.3 Å². The Morgan fingerprint density at radius 3 is 2.85 bits per heavy atom. The molecule has 3 N–H and O–H groups in total. The van der Waals surface area contributed by atoms with Gasteiger partial charge in [0.15, 0.2) is 5.82 Å². The zero-order valence-electron chi connectivity index (χ0n) is 10.1. The van der Waals surface area contributed by atoms with E-state index in [4.69, 9.17) is 5.73 Å². The summed E-state index contributed by atoms with van der Waals surface area (Å²) in [5.41, 5.74) is 5.61. The highest BCUT2D eigenvalue weighted by Crippen LogP contribution is 2.22. The highest BCUT2D eigenvalue weighted by atomic mass is 79.9. The number of hydrogen-bond donors (Lipinski definition) is 2. The Morgan fingerprint density at radius 2 is 2.15 bits per heavy atom. The van der Waals surface area contributed by atoms with Crippen LogP contribution in [0.15, 0.2) is 22.8 Å². The second-order valence-electron chi connectivity index (χ2n) is 3.85. The molecule has 1 heterocycles. The monoisotopic (exact) mass is 345 g/mol. The Labute approximate surface area is 121 Å². The molecule has 0 aliphatic rings. The van der Waals surface area contributed by atoms with Crippen LogP contribution in [0, 0.1) is 11.6 Å². The third-order valence-electron chi connectivity index (χ3n) is 2.43. The first-order valence-corrected chi connectivity index (χ1v) is 6.33. The summed E-state index contributed by atoms with van der Waals surface area (Å²) in [5, 5.41) is 10.0. The van der Waals surface area contributed by atoms with E-state index >= 15 is 0 Å². The zero-order chi connectivity index (χ0) is 14.7. The van der Waals surface area contributed by atoms with Crippen molar-refractivity contribution in [3.05, 3.63) is 40.1 Å². The minimum absolute atomic E-state index is 0.0437. The third-order valence-corrected chi connectivity index (χ3v) is 3.04. The van der Waals surface area contributed by atoms with Crippen molar-refractivity contribution in [2.24, 2.45) is 5.73 Å². The van der Waals surface area contributed by atoms with E-state index in [9.17, 15) is 13.6 Å². The van der Waals surface area contributed by atoms with Gasteiger partial charge in [0.25, 0.3) is 0 Å². The van der Waals surface area contributed by atoms with Gasteiger partial charge in [-0.15, -0.1) is 5.10 Å². The highest BCUT2D eigenvalue weighted by Gasteiger charge is 2.12. The average Bonchev–Trinajstić information content (AvgIpc) is 2.88. The Hall–Kier alpha value is -1.87. The van der Waals surface area contributed by atoms with Crippen LogP contribution < -0.4 is 11.1 Å². The summed E-state index contributed by atoms with van der Waals surface area (Å²) < 4.78 is 28.1. The number of nitrogens with two attached hydrogens (primary N) is 1. The predicted octanol–water partition coefficient (Wildman–Crippen LogP) is 0.883. The number of amides is 1. The third kappa shape index (κ3) is 3.17. The molecule has 0 aliphatic heterocycles. The molecule has 2 aromatic rings. The van der Waals surface area contributed by atoms with Crippen LogP contribution in [0.3, 0.4) is 0 Å². The van der Waals surface area contributed by atoms with E-state index in [1.165, 1.54) is 12.3 Å². The van der Waals surface area contributed by atoms with Gasteiger partial charge < -0.3 is 11.1 Å². The van der Waals surface area contributed by atoms with Crippen molar-refractivity contribution in [1.29, 1.82) is 0 Å². The molecule has 9 heteroatoms. The Balaban J connectivity index is 2.20. The molecule has 0 spiro atoms. The summed E-state index contributed by atoms with van der Waals surface area (Å²) in [6.07, 6.45) is 1.43. The van der Waals surface area contributed by atoms with E-state index in [0.29, 0.717) is 5.69 Å². The number of halogens is 3. The molecule has 0 unspecified atom stereocenters. The molecule has 1 aromatic carbocycles. The lowest BCUT2D eigenvalue weighted by Gasteiger charge is -2.03. The van der Waals surface area contributed by atoms with Crippen molar-refractivity contribution in [2.45, 2.75) is 6.54 Å². The normalized spacial score (nSPS) is 10.6. The maximum atomic E-state index is 13.7. The second kappa shape index (κ2) is 6.06. The lowest BCUT2D eigenvalue weighted by molar-refractivity contribution is -0.119. The number of benzene rings is 1. The number of aromatic nitrogens is 3. The Morgan fingerprint density at radius 1 is 1.40 bits per heavy atom. The standard InChI is InChI=1S/C11H10BrF2N5O/c12-7-1-10(9(14)2-8(7)13)19-5-6(17-18-19)4-16-11(20)3-15/h1-2,5H,3-4,15H2,(H,16,20). The van der Waals surface area contributed by atoms with Crippen LogP contribution in [0.4, 0.5) is 8.78 Å². The van der Waals surface area contributed by atoms with Crippen molar-refractivity contribution in [1.82, 2.24) is 20.3 Å². The van der Waals surface area contributed by atoms with Gasteiger partial charge in [0.05, 0.1) is 23.8 Å². The Kier molecular flexibility index (Phi) is 4.40.